The molecule has 0 bridgehead atoms. The van der Waals surface area contributed by atoms with E-state index in [1.807, 2.05) is 0 Å². The molecule has 2 nitrogen and oxygen atoms in total. The molecule has 0 amide bonds. The highest BCUT2D eigenvalue weighted by Crippen LogP contribution is 2.20. The number of anilines is 1. The van der Waals surface area contributed by atoms with Crippen molar-refractivity contribution in [1.29, 1.82) is 0 Å². The number of rotatable bonds is 5. The predicted molar refractivity (Wildman–Crippen MR) is 94.3 cm³/mol. The lowest BCUT2D eigenvalue weighted by molar-refractivity contribution is 0.806. The molecule has 0 fully saturated rings. The van der Waals surface area contributed by atoms with Crippen LogP contribution in [0.4, 0.5) is 5.69 Å². The molecule has 1 aliphatic rings. The van der Waals surface area contributed by atoms with E-state index >= 15 is 0 Å². The Morgan fingerprint density at radius 1 is 1.10 bits per heavy atom. The van der Waals surface area contributed by atoms with Gasteiger partial charge in [-0.25, -0.2) is 0 Å². The molecule has 0 heterocycles. The van der Waals surface area contributed by atoms with Crippen LogP contribution in [-0.2, 0) is 0 Å². The van der Waals surface area contributed by atoms with Gasteiger partial charge in [-0.1, -0.05) is 37.6 Å². The van der Waals surface area contributed by atoms with Crippen molar-refractivity contribution in [1.82, 2.24) is 0 Å². The summed E-state index contributed by atoms with van der Waals surface area (Å²) in [7, 11) is 4.13. The minimum atomic E-state index is 0.955. The normalized spacial score (nSPS) is 18.4. The zero-order chi connectivity index (χ0) is 15.1. The summed E-state index contributed by atoms with van der Waals surface area (Å²) in [6.45, 7) is 3.17. The highest BCUT2D eigenvalue weighted by Gasteiger charge is 2.09. The first-order chi connectivity index (χ1) is 10.2. The zero-order valence-electron chi connectivity index (χ0n) is 13.5. The summed E-state index contributed by atoms with van der Waals surface area (Å²) in [6.07, 6.45) is 11.1. The number of hydrogen-bond acceptors (Lipinski definition) is 2. The van der Waals surface area contributed by atoms with Crippen molar-refractivity contribution in [3.63, 3.8) is 0 Å². The highest BCUT2D eigenvalue weighted by atomic mass is 15.1. The molecule has 1 aliphatic carbocycles. The van der Waals surface area contributed by atoms with Gasteiger partial charge in [0.15, 0.2) is 0 Å². The fourth-order valence-electron chi connectivity index (χ4n) is 2.40. The zero-order valence-corrected chi connectivity index (χ0v) is 13.5. The molecule has 0 saturated heterocycles. The van der Waals surface area contributed by atoms with Crippen LogP contribution in [0.1, 0.15) is 38.2 Å². The first-order valence-electron chi connectivity index (χ1n) is 7.87. The molecule has 2 heteroatoms. The van der Waals surface area contributed by atoms with Gasteiger partial charge in [0.2, 0.25) is 0 Å². The van der Waals surface area contributed by atoms with E-state index in [0.717, 1.165) is 19.4 Å². The Hall–Kier alpha value is -1.83. The number of allylic oxidation sites excluding steroid dienone is 3. The monoisotopic (exact) mass is 282 g/mol. The van der Waals surface area contributed by atoms with Crippen LogP contribution in [0.2, 0.25) is 0 Å². The second kappa shape index (κ2) is 7.82. The summed E-state index contributed by atoms with van der Waals surface area (Å²) in [5.74, 6) is 0. The van der Waals surface area contributed by atoms with Gasteiger partial charge in [-0.05, 0) is 42.2 Å². The van der Waals surface area contributed by atoms with Crippen LogP contribution in [0.15, 0.2) is 47.0 Å². The van der Waals surface area contributed by atoms with Gasteiger partial charge in [0, 0.05) is 38.5 Å². The van der Waals surface area contributed by atoms with E-state index in [1.165, 1.54) is 35.4 Å². The third kappa shape index (κ3) is 4.59. The van der Waals surface area contributed by atoms with E-state index in [4.69, 9.17) is 4.99 Å². The second-order valence-electron chi connectivity index (χ2n) is 5.72. The molecule has 0 unspecified atom stereocenters. The molecule has 0 radical (unpaired) electrons. The number of benzene rings is 1. The van der Waals surface area contributed by atoms with E-state index in [9.17, 15) is 0 Å². The fourth-order valence-corrected chi connectivity index (χ4v) is 2.40. The highest BCUT2D eigenvalue weighted by molar-refractivity contribution is 6.05. The number of aliphatic imine (C=N–C) groups is 1. The van der Waals surface area contributed by atoms with Crippen molar-refractivity contribution < 1.29 is 0 Å². The minimum Gasteiger partial charge on any atom is -0.378 e. The lowest BCUT2D eigenvalue weighted by Gasteiger charge is -2.14. The molecule has 0 aliphatic heterocycles. The van der Waals surface area contributed by atoms with E-state index in [2.05, 4.69) is 68.4 Å². The van der Waals surface area contributed by atoms with Crippen LogP contribution in [0.3, 0.4) is 0 Å². The summed E-state index contributed by atoms with van der Waals surface area (Å²) < 4.78 is 0. The molecule has 0 atom stereocenters. The van der Waals surface area contributed by atoms with Crippen molar-refractivity contribution in [2.45, 2.75) is 32.6 Å². The third-order valence-electron chi connectivity index (χ3n) is 3.75. The molecule has 21 heavy (non-hydrogen) atoms. The van der Waals surface area contributed by atoms with Gasteiger partial charge < -0.3 is 4.90 Å². The van der Waals surface area contributed by atoms with Gasteiger partial charge in [-0.15, -0.1) is 0 Å². The smallest absolute Gasteiger partial charge is 0.0421 e. The Labute approximate surface area is 128 Å². The summed E-state index contributed by atoms with van der Waals surface area (Å²) in [4.78, 5) is 6.91. The van der Waals surface area contributed by atoms with Crippen molar-refractivity contribution in [2.75, 3.05) is 25.5 Å². The Bertz CT molecular complexity index is 533. The van der Waals surface area contributed by atoms with Gasteiger partial charge in [0.1, 0.15) is 0 Å². The van der Waals surface area contributed by atoms with Gasteiger partial charge in [-0.2, -0.15) is 0 Å². The van der Waals surface area contributed by atoms with Crippen molar-refractivity contribution in [3.8, 4) is 0 Å². The van der Waals surface area contributed by atoms with E-state index in [-0.39, 0.29) is 0 Å². The van der Waals surface area contributed by atoms with Gasteiger partial charge >= 0.3 is 0 Å². The SMILES string of the molecule is CCCCN=C1CC=CCC1=Cc1ccc(N(C)C)cc1. The maximum atomic E-state index is 4.79. The molecule has 0 saturated carbocycles. The molecule has 0 aromatic heterocycles. The molecule has 1 aromatic carbocycles. The van der Waals surface area contributed by atoms with Crippen LogP contribution in [0.5, 0.6) is 0 Å². The molecule has 1 aromatic rings. The minimum absolute atomic E-state index is 0.955. The summed E-state index contributed by atoms with van der Waals surface area (Å²) >= 11 is 0. The third-order valence-corrected chi connectivity index (χ3v) is 3.75. The Morgan fingerprint density at radius 2 is 1.81 bits per heavy atom. The average Bonchev–Trinajstić information content (AvgIpc) is 2.50. The summed E-state index contributed by atoms with van der Waals surface area (Å²) in [6, 6.07) is 8.70. The van der Waals surface area contributed by atoms with Gasteiger partial charge in [0.05, 0.1) is 0 Å². The molecule has 0 N–H and O–H groups in total. The molecule has 2 rings (SSSR count). The topological polar surface area (TPSA) is 15.6 Å². The van der Waals surface area contributed by atoms with Gasteiger partial charge in [-0.3, -0.25) is 4.99 Å². The molecular weight excluding hydrogens is 256 g/mol. The molecular formula is C19H26N2. The standard InChI is InChI=1S/C19H26N2/c1-4-5-14-20-19-9-7-6-8-17(19)15-16-10-12-18(13-11-16)21(2)3/h6-7,10-13,15H,4-5,8-9,14H2,1-3H3. The van der Waals surface area contributed by atoms with Gasteiger partial charge in [0.25, 0.3) is 0 Å². The van der Waals surface area contributed by atoms with E-state index < -0.39 is 0 Å². The number of unbranched alkanes of at least 4 members (excludes halogenated alkanes) is 1. The quantitative estimate of drug-likeness (QED) is 0.563. The van der Waals surface area contributed by atoms with Crippen molar-refractivity contribution in [3.05, 3.63) is 47.6 Å². The van der Waals surface area contributed by atoms with Crippen LogP contribution in [-0.4, -0.2) is 26.4 Å². The van der Waals surface area contributed by atoms with E-state index in [1.54, 1.807) is 0 Å². The average molecular weight is 282 g/mol. The summed E-state index contributed by atoms with van der Waals surface area (Å²) in [5, 5.41) is 0. The Balaban J connectivity index is 2.16. The maximum Gasteiger partial charge on any atom is 0.0421 e. The summed E-state index contributed by atoms with van der Waals surface area (Å²) in [5.41, 5.74) is 5.13. The second-order valence-corrected chi connectivity index (χ2v) is 5.72. The fraction of sp³-hybridized carbons (Fsp3) is 0.421. The van der Waals surface area contributed by atoms with Crippen LogP contribution < -0.4 is 4.90 Å². The largest absolute Gasteiger partial charge is 0.378 e. The Kier molecular flexibility index (Phi) is 5.79. The predicted octanol–water partition coefficient (Wildman–Crippen LogP) is 4.73. The van der Waals surface area contributed by atoms with Crippen LogP contribution in [0, 0.1) is 0 Å². The van der Waals surface area contributed by atoms with Crippen molar-refractivity contribution >= 4 is 17.5 Å². The van der Waals surface area contributed by atoms with Crippen LogP contribution >= 0.6 is 0 Å². The first-order valence-corrected chi connectivity index (χ1v) is 7.87. The number of hydrogen-bond donors (Lipinski definition) is 0. The molecule has 112 valence electrons. The van der Waals surface area contributed by atoms with E-state index in [0.29, 0.717) is 0 Å². The Morgan fingerprint density at radius 3 is 2.48 bits per heavy atom. The lowest BCUT2D eigenvalue weighted by Crippen LogP contribution is -2.08. The first kappa shape index (κ1) is 15.6. The van der Waals surface area contributed by atoms with Crippen molar-refractivity contribution in [2.24, 2.45) is 4.99 Å². The molecule has 0 spiro atoms. The lowest BCUT2D eigenvalue weighted by atomic mass is 9.96. The van der Waals surface area contributed by atoms with Crippen LogP contribution in [0.25, 0.3) is 6.08 Å². The maximum absolute atomic E-state index is 4.79. The number of nitrogens with zero attached hydrogens (tertiary/aromatic N) is 2.